The van der Waals surface area contributed by atoms with Crippen molar-refractivity contribution in [3.05, 3.63) is 16.1 Å². The fraction of sp³-hybridized carbons (Fsp3) is 0.714. The van der Waals surface area contributed by atoms with E-state index in [2.05, 4.69) is 15.6 Å². The predicted molar refractivity (Wildman–Crippen MR) is 76.0 cm³/mol. The topological polar surface area (TPSA) is 54.0 Å². The summed E-state index contributed by atoms with van der Waals surface area (Å²) in [5.74, 6) is 2.53. The molecule has 19 heavy (non-hydrogen) atoms. The predicted octanol–water partition coefficient (Wildman–Crippen LogP) is 2.69. The van der Waals surface area contributed by atoms with E-state index in [9.17, 15) is 4.79 Å². The summed E-state index contributed by atoms with van der Waals surface area (Å²) >= 11 is 1.59. The van der Waals surface area contributed by atoms with Crippen LogP contribution in [0.1, 0.15) is 36.3 Å². The smallest absolute Gasteiger partial charge is 0.315 e. The molecule has 3 rings (SSSR count). The van der Waals surface area contributed by atoms with E-state index in [1.54, 1.807) is 11.3 Å². The third-order valence-corrected chi connectivity index (χ3v) is 5.60. The first-order valence-corrected chi connectivity index (χ1v) is 8.01. The van der Waals surface area contributed by atoms with Crippen LogP contribution in [0, 0.1) is 24.7 Å². The molecule has 3 atom stereocenters. The number of hydrogen-bond acceptors (Lipinski definition) is 3. The summed E-state index contributed by atoms with van der Waals surface area (Å²) in [6.45, 7) is 3.40. The molecule has 0 radical (unpaired) electrons. The van der Waals surface area contributed by atoms with E-state index >= 15 is 0 Å². The number of nitrogens with zero attached hydrogens (tertiary/aromatic N) is 1. The molecule has 2 amide bonds. The molecule has 5 heteroatoms. The summed E-state index contributed by atoms with van der Waals surface area (Å²) in [6, 6.07) is -0.0458. The Morgan fingerprint density at radius 1 is 1.42 bits per heavy atom. The first-order valence-electron chi connectivity index (χ1n) is 7.13. The van der Waals surface area contributed by atoms with E-state index < -0.39 is 0 Å². The van der Waals surface area contributed by atoms with E-state index in [1.807, 2.05) is 12.4 Å². The van der Waals surface area contributed by atoms with Gasteiger partial charge in [-0.2, -0.15) is 0 Å². The lowest BCUT2D eigenvalue weighted by molar-refractivity contribution is 0.234. The standard InChI is InChI=1S/C14H21N3OS/c1-9-13(19-8-17-9)7-16-14(18)15-6-12-5-10-2-3-11(12)4-10/h8,10-12H,2-7H2,1H3,(H2,15,16,18)/t10-,11-,12+/m0/s1. The number of nitrogens with one attached hydrogen (secondary N) is 2. The van der Waals surface area contributed by atoms with Gasteiger partial charge in [-0.15, -0.1) is 11.3 Å². The molecule has 0 spiro atoms. The molecule has 2 bridgehead atoms. The number of hydrogen-bond donors (Lipinski definition) is 2. The van der Waals surface area contributed by atoms with Gasteiger partial charge in [-0.25, -0.2) is 9.78 Å². The number of urea groups is 1. The Bertz CT molecular complexity index is 459. The second-order valence-electron chi connectivity index (χ2n) is 5.86. The Morgan fingerprint density at radius 2 is 2.32 bits per heavy atom. The summed E-state index contributed by atoms with van der Waals surface area (Å²) in [7, 11) is 0. The average Bonchev–Trinajstić information content (AvgIpc) is 3.10. The first-order chi connectivity index (χ1) is 9.22. The second-order valence-corrected chi connectivity index (χ2v) is 6.80. The van der Waals surface area contributed by atoms with E-state index in [1.165, 1.54) is 25.7 Å². The summed E-state index contributed by atoms with van der Waals surface area (Å²) in [4.78, 5) is 17.1. The lowest BCUT2D eigenvalue weighted by atomic mass is 9.89. The molecule has 0 saturated heterocycles. The summed E-state index contributed by atoms with van der Waals surface area (Å²) in [5.41, 5.74) is 2.83. The van der Waals surface area contributed by atoms with Gasteiger partial charge in [-0.1, -0.05) is 6.42 Å². The normalized spacial score (nSPS) is 28.6. The first kappa shape index (κ1) is 12.9. The van der Waals surface area contributed by atoms with E-state index in [-0.39, 0.29) is 6.03 Å². The number of carbonyl (C=O) groups excluding carboxylic acids is 1. The highest BCUT2D eigenvalue weighted by molar-refractivity contribution is 7.09. The molecule has 4 nitrogen and oxygen atoms in total. The molecular formula is C14H21N3OS. The fourth-order valence-corrected chi connectivity index (χ4v) is 4.29. The molecule has 0 aromatic carbocycles. The summed E-state index contributed by atoms with van der Waals surface area (Å²) in [5, 5.41) is 5.94. The molecule has 2 aliphatic carbocycles. The largest absolute Gasteiger partial charge is 0.338 e. The minimum atomic E-state index is -0.0458. The Kier molecular flexibility index (Phi) is 3.73. The fourth-order valence-electron chi connectivity index (χ4n) is 3.57. The molecule has 1 aromatic heterocycles. The van der Waals surface area contributed by atoms with Gasteiger partial charge in [0.25, 0.3) is 0 Å². The van der Waals surface area contributed by atoms with E-state index in [4.69, 9.17) is 0 Å². The van der Waals surface area contributed by atoms with Gasteiger partial charge in [0.15, 0.2) is 0 Å². The van der Waals surface area contributed by atoms with Gasteiger partial charge in [-0.3, -0.25) is 0 Å². The molecule has 0 aliphatic heterocycles. The number of rotatable bonds is 4. The van der Waals surface area contributed by atoms with E-state index in [0.717, 1.165) is 34.9 Å². The molecule has 2 saturated carbocycles. The van der Waals surface area contributed by atoms with Gasteiger partial charge in [0.1, 0.15) is 0 Å². The Morgan fingerprint density at radius 3 is 2.95 bits per heavy atom. The SMILES string of the molecule is Cc1ncsc1CNC(=O)NC[C@H]1C[C@H]2CC[C@H]1C2. The van der Waals surface area contributed by atoms with Crippen molar-refractivity contribution in [1.29, 1.82) is 0 Å². The molecule has 1 heterocycles. The number of aromatic nitrogens is 1. The van der Waals surface area contributed by atoms with Gasteiger partial charge < -0.3 is 10.6 Å². The third kappa shape index (κ3) is 2.91. The number of thiazole rings is 1. The third-order valence-electron chi connectivity index (χ3n) is 4.66. The molecule has 2 N–H and O–H groups in total. The minimum absolute atomic E-state index is 0.0458. The van der Waals surface area contributed by atoms with Crippen molar-refractivity contribution in [3.8, 4) is 0 Å². The quantitative estimate of drug-likeness (QED) is 0.890. The zero-order chi connectivity index (χ0) is 13.2. The molecule has 1 aromatic rings. The van der Waals surface area contributed by atoms with Crippen LogP contribution in [0.3, 0.4) is 0 Å². The highest BCUT2D eigenvalue weighted by atomic mass is 32.1. The lowest BCUT2D eigenvalue weighted by Crippen LogP contribution is -2.38. The number of aryl methyl sites for hydroxylation is 1. The van der Waals surface area contributed by atoms with Crippen LogP contribution < -0.4 is 10.6 Å². The molecular weight excluding hydrogens is 258 g/mol. The van der Waals surface area contributed by atoms with Crippen molar-refractivity contribution < 1.29 is 4.79 Å². The van der Waals surface area contributed by atoms with Crippen LogP contribution in [-0.2, 0) is 6.54 Å². The molecule has 104 valence electrons. The number of fused-ring (bicyclic) bond motifs is 2. The van der Waals surface area contributed by atoms with Crippen LogP contribution >= 0.6 is 11.3 Å². The van der Waals surface area contributed by atoms with Crippen LogP contribution in [0.25, 0.3) is 0 Å². The number of amides is 2. The van der Waals surface area contributed by atoms with Crippen molar-refractivity contribution in [3.63, 3.8) is 0 Å². The van der Waals surface area contributed by atoms with Crippen LogP contribution in [0.4, 0.5) is 4.79 Å². The maximum Gasteiger partial charge on any atom is 0.315 e. The highest BCUT2D eigenvalue weighted by Gasteiger charge is 2.39. The van der Waals surface area contributed by atoms with E-state index in [0.29, 0.717) is 6.54 Å². The zero-order valence-corrected chi connectivity index (χ0v) is 12.1. The monoisotopic (exact) mass is 279 g/mol. The van der Waals surface area contributed by atoms with Crippen molar-refractivity contribution in [1.82, 2.24) is 15.6 Å². The van der Waals surface area contributed by atoms with Gasteiger partial charge >= 0.3 is 6.03 Å². The zero-order valence-electron chi connectivity index (χ0n) is 11.3. The van der Waals surface area contributed by atoms with Crippen LogP contribution in [0.15, 0.2) is 5.51 Å². The maximum atomic E-state index is 11.8. The Balaban J connectivity index is 1.39. The molecule has 0 unspecified atom stereocenters. The lowest BCUT2D eigenvalue weighted by Gasteiger charge is -2.21. The summed E-state index contributed by atoms with van der Waals surface area (Å²) < 4.78 is 0. The molecule has 2 aliphatic rings. The van der Waals surface area contributed by atoms with Gasteiger partial charge in [0.2, 0.25) is 0 Å². The van der Waals surface area contributed by atoms with Crippen LogP contribution in [-0.4, -0.2) is 17.6 Å². The minimum Gasteiger partial charge on any atom is -0.338 e. The van der Waals surface area contributed by atoms with Crippen molar-refractivity contribution >= 4 is 17.4 Å². The maximum absolute atomic E-state index is 11.8. The van der Waals surface area contributed by atoms with Crippen molar-refractivity contribution in [2.24, 2.45) is 17.8 Å². The van der Waals surface area contributed by atoms with Crippen molar-refractivity contribution in [2.75, 3.05) is 6.54 Å². The molecule has 2 fully saturated rings. The Hall–Kier alpha value is -1.10. The van der Waals surface area contributed by atoms with Crippen molar-refractivity contribution in [2.45, 2.75) is 39.2 Å². The highest BCUT2D eigenvalue weighted by Crippen LogP contribution is 2.47. The van der Waals surface area contributed by atoms with Gasteiger partial charge in [0.05, 0.1) is 17.7 Å². The van der Waals surface area contributed by atoms with Crippen LogP contribution in [0.5, 0.6) is 0 Å². The summed E-state index contributed by atoms with van der Waals surface area (Å²) in [6.07, 6.45) is 5.50. The Labute approximate surface area is 118 Å². The van der Waals surface area contributed by atoms with Gasteiger partial charge in [0, 0.05) is 11.4 Å². The average molecular weight is 279 g/mol. The number of carbonyl (C=O) groups is 1. The van der Waals surface area contributed by atoms with Crippen LogP contribution in [0.2, 0.25) is 0 Å². The van der Waals surface area contributed by atoms with Gasteiger partial charge in [-0.05, 0) is 43.9 Å². The second kappa shape index (κ2) is 5.49.